The van der Waals surface area contributed by atoms with Crippen molar-refractivity contribution in [3.63, 3.8) is 0 Å². The maximum atomic E-state index is 13.7. The molecule has 0 radical (unpaired) electrons. The molecule has 5 aliphatic heterocycles. The van der Waals surface area contributed by atoms with Gasteiger partial charge in [0.1, 0.15) is 0 Å². The van der Waals surface area contributed by atoms with Gasteiger partial charge in [0.05, 0.1) is 56.5 Å². The second kappa shape index (κ2) is 13.8. The SMILES string of the molecule is COc1cc2c(cc1OCCCOc1cc3c(cc1OC)C(=O)N1C=C(c4ccc(N)cc4)C[C@H]1C=N3)N=C[C@@H]1CC(c3ccc4c(c3)OCO4)=CN1C2. The summed E-state index contributed by atoms with van der Waals surface area (Å²) < 4.78 is 34.8. The summed E-state index contributed by atoms with van der Waals surface area (Å²) in [5, 5.41) is 0. The number of amides is 1. The van der Waals surface area contributed by atoms with Crippen LogP contribution < -0.4 is 34.2 Å². The van der Waals surface area contributed by atoms with Crippen LogP contribution >= 0.6 is 0 Å². The van der Waals surface area contributed by atoms with Crippen LogP contribution in [-0.2, 0) is 6.54 Å². The minimum atomic E-state index is -0.185. The summed E-state index contributed by atoms with van der Waals surface area (Å²) >= 11 is 0. The smallest absolute Gasteiger partial charge is 0.260 e. The molecule has 4 aromatic carbocycles. The normalized spacial score (nSPS) is 18.9. The van der Waals surface area contributed by atoms with Crippen LogP contribution in [0.4, 0.5) is 17.1 Å². The molecule has 2 atom stereocenters. The lowest BCUT2D eigenvalue weighted by molar-refractivity contribution is 0.0817. The van der Waals surface area contributed by atoms with Crippen molar-refractivity contribution in [2.24, 2.45) is 9.98 Å². The number of ether oxygens (including phenoxy) is 6. The Labute approximate surface area is 312 Å². The molecule has 5 heterocycles. The number of carbonyl (C=O) groups excluding carboxylic acids is 1. The maximum absolute atomic E-state index is 13.7. The highest BCUT2D eigenvalue weighted by atomic mass is 16.7. The standard InChI is InChI=1S/C42H39N5O7/c1-49-37-15-29-22-46-21-27(26-6-9-36-39(14-26)54-24-53-36)12-31(46)19-44-34(29)17-40(37)51-10-3-11-52-41-18-35-33(16-38(41)50-2)42(48)47-23-28(13-32(47)20-45-35)25-4-7-30(43)8-5-25/h4-9,14-21,23,31-32H,3,10-13,22,24,43H2,1-2H3/t31-,32-/m0/s1. The molecule has 12 heteroatoms. The first-order valence-corrected chi connectivity index (χ1v) is 18.0. The van der Waals surface area contributed by atoms with Gasteiger partial charge in [-0.2, -0.15) is 0 Å². The molecular weight excluding hydrogens is 686 g/mol. The van der Waals surface area contributed by atoms with Crippen molar-refractivity contribution in [2.45, 2.75) is 37.9 Å². The lowest BCUT2D eigenvalue weighted by atomic mass is 10.0. The molecule has 0 aliphatic carbocycles. The lowest BCUT2D eigenvalue weighted by Gasteiger charge is -2.21. The number of nitrogen functional groups attached to an aromatic ring is 1. The first-order valence-electron chi connectivity index (χ1n) is 18.0. The van der Waals surface area contributed by atoms with Gasteiger partial charge in [-0.15, -0.1) is 0 Å². The first kappa shape index (κ1) is 33.4. The molecule has 4 aromatic rings. The molecule has 274 valence electrons. The van der Waals surface area contributed by atoms with Gasteiger partial charge in [-0.1, -0.05) is 18.2 Å². The number of aliphatic imine (C=N–C) groups is 2. The van der Waals surface area contributed by atoms with E-state index < -0.39 is 0 Å². The minimum Gasteiger partial charge on any atom is -0.493 e. The highest BCUT2D eigenvalue weighted by molar-refractivity contribution is 6.05. The van der Waals surface area contributed by atoms with Gasteiger partial charge in [0.15, 0.2) is 34.5 Å². The van der Waals surface area contributed by atoms with E-state index in [2.05, 4.69) is 17.2 Å². The first-order chi connectivity index (χ1) is 26.4. The Hall–Kier alpha value is -6.43. The summed E-state index contributed by atoms with van der Waals surface area (Å²) in [4.78, 5) is 27.3. The summed E-state index contributed by atoms with van der Waals surface area (Å²) in [5.74, 6) is 3.66. The van der Waals surface area contributed by atoms with E-state index in [1.54, 1.807) is 31.3 Å². The van der Waals surface area contributed by atoms with Crippen LogP contribution in [0.15, 0.2) is 89.1 Å². The zero-order valence-electron chi connectivity index (χ0n) is 30.0. The third kappa shape index (κ3) is 6.23. The number of methoxy groups -OCH3 is 2. The van der Waals surface area contributed by atoms with Crippen molar-refractivity contribution in [1.29, 1.82) is 0 Å². The van der Waals surface area contributed by atoms with E-state index >= 15 is 0 Å². The molecule has 0 spiro atoms. The fourth-order valence-electron chi connectivity index (χ4n) is 7.45. The van der Waals surface area contributed by atoms with E-state index in [1.165, 1.54) is 5.57 Å². The molecular formula is C42H39N5O7. The number of carbonyl (C=O) groups is 1. The number of nitrogens with zero attached hydrogens (tertiary/aromatic N) is 4. The number of anilines is 1. The van der Waals surface area contributed by atoms with Crippen molar-refractivity contribution < 1.29 is 33.2 Å². The van der Waals surface area contributed by atoms with Gasteiger partial charge in [-0.3, -0.25) is 14.8 Å². The van der Waals surface area contributed by atoms with E-state index in [4.69, 9.17) is 44.1 Å². The summed E-state index contributed by atoms with van der Waals surface area (Å²) in [6.07, 6.45) is 10.0. The van der Waals surface area contributed by atoms with E-state index in [9.17, 15) is 4.79 Å². The summed E-state index contributed by atoms with van der Waals surface area (Å²) in [6.45, 7) is 1.69. The molecule has 5 aliphatic rings. The van der Waals surface area contributed by atoms with Gasteiger partial charge in [-0.25, -0.2) is 0 Å². The van der Waals surface area contributed by atoms with E-state index in [0.29, 0.717) is 72.5 Å². The van der Waals surface area contributed by atoms with E-state index in [-0.39, 0.29) is 24.8 Å². The topological polar surface area (TPSA) is 130 Å². The Morgan fingerprint density at radius 3 is 2.20 bits per heavy atom. The van der Waals surface area contributed by atoms with Crippen molar-refractivity contribution in [1.82, 2.24) is 9.80 Å². The predicted octanol–water partition coefficient (Wildman–Crippen LogP) is 7.17. The van der Waals surface area contributed by atoms with Crippen LogP contribution in [0.3, 0.4) is 0 Å². The monoisotopic (exact) mass is 725 g/mol. The molecule has 0 saturated heterocycles. The largest absolute Gasteiger partial charge is 0.493 e. The van der Waals surface area contributed by atoms with Crippen LogP contribution in [0.25, 0.3) is 11.1 Å². The molecule has 0 saturated carbocycles. The number of nitrogens with two attached hydrogens (primary N) is 1. The number of hydrogen-bond donors (Lipinski definition) is 1. The zero-order chi connectivity index (χ0) is 36.8. The van der Waals surface area contributed by atoms with Crippen molar-refractivity contribution in [3.05, 3.63) is 101 Å². The number of rotatable bonds is 10. The average molecular weight is 726 g/mol. The van der Waals surface area contributed by atoms with Crippen LogP contribution in [0.5, 0.6) is 34.5 Å². The Morgan fingerprint density at radius 2 is 1.41 bits per heavy atom. The highest BCUT2D eigenvalue weighted by Gasteiger charge is 2.34. The number of hydrogen-bond acceptors (Lipinski definition) is 11. The molecule has 12 nitrogen and oxygen atoms in total. The molecule has 0 bridgehead atoms. The minimum absolute atomic E-state index is 0.140. The second-order valence-electron chi connectivity index (χ2n) is 13.7. The van der Waals surface area contributed by atoms with Gasteiger partial charge < -0.3 is 44.0 Å². The van der Waals surface area contributed by atoms with Gasteiger partial charge in [0.2, 0.25) is 6.79 Å². The van der Waals surface area contributed by atoms with Gasteiger partial charge in [0, 0.05) is 67.6 Å². The molecule has 0 fully saturated rings. The Bertz CT molecular complexity index is 2260. The molecule has 0 unspecified atom stereocenters. The van der Waals surface area contributed by atoms with Crippen LogP contribution in [0.2, 0.25) is 0 Å². The highest BCUT2D eigenvalue weighted by Crippen LogP contribution is 2.43. The summed E-state index contributed by atoms with van der Waals surface area (Å²) in [7, 11) is 3.21. The molecule has 2 N–H and O–H groups in total. The predicted molar refractivity (Wildman–Crippen MR) is 206 cm³/mol. The average Bonchev–Trinajstić information content (AvgIpc) is 3.91. The van der Waals surface area contributed by atoms with E-state index in [1.807, 2.05) is 67.2 Å². The fraction of sp³-hybridized carbons (Fsp3) is 0.262. The van der Waals surface area contributed by atoms with Crippen LogP contribution in [0.1, 0.15) is 46.3 Å². The summed E-state index contributed by atoms with van der Waals surface area (Å²) in [6, 6.07) is 21.1. The second-order valence-corrected chi connectivity index (χ2v) is 13.7. The fourth-order valence-corrected chi connectivity index (χ4v) is 7.45. The van der Waals surface area contributed by atoms with Gasteiger partial charge in [-0.05, 0) is 65.1 Å². The maximum Gasteiger partial charge on any atom is 0.260 e. The zero-order valence-corrected chi connectivity index (χ0v) is 30.0. The Kier molecular flexibility index (Phi) is 8.57. The molecule has 1 amide bonds. The number of fused-ring (bicyclic) bond motifs is 5. The summed E-state index contributed by atoms with van der Waals surface area (Å²) in [5.41, 5.74) is 13.9. The van der Waals surface area contributed by atoms with Gasteiger partial charge in [0.25, 0.3) is 5.91 Å². The molecule has 9 rings (SSSR count). The van der Waals surface area contributed by atoms with Crippen molar-refractivity contribution in [2.75, 3.05) is 40.0 Å². The number of benzene rings is 4. The lowest BCUT2D eigenvalue weighted by Crippen LogP contribution is -2.32. The quantitative estimate of drug-likeness (QED) is 0.134. The molecule has 0 aromatic heterocycles. The van der Waals surface area contributed by atoms with Crippen molar-refractivity contribution in [3.8, 4) is 34.5 Å². The van der Waals surface area contributed by atoms with Crippen LogP contribution in [-0.4, -0.2) is 74.4 Å². The molecule has 54 heavy (non-hydrogen) atoms. The van der Waals surface area contributed by atoms with Crippen molar-refractivity contribution >= 4 is 46.5 Å². The van der Waals surface area contributed by atoms with Crippen LogP contribution in [0, 0.1) is 0 Å². The Morgan fingerprint density at radius 1 is 0.741 bits per heavy atom. The van der Waals surface area contributed by atoms with Gasteiger partial charge >= 0.3 is 0 Å². The van der Waals surface area contributed by atoms with E-state index in [0.717, 1.165) is 45.9 Å². The Balaban J connectivity index is 0.831. The third-order valence-corrected chi connectivity index (χ3v) is 10.3. The third-order valence-electron chi connectivity index (χ3n) is 10.3.